The summed E-state index contributed by atoms with van der Waals surface area (Å²) in [6, 6.07) is 1.86. The van der Waals surface area contributed by atoms with Gasteiger partial charge in [-0.05, 0) is 23.9 Å². The summed E-state index contributed by atoms with van der Waals surface area (Å²) in [5, 5.41) is 11.8. The third-order valence-electron chi connectivity index (χ3n) is 1.27. The van der Waals surface area contributed by atoms with Crippen molar-refractivity contribution in [2.24, 2.45) is 0 Å². The zero-order valence-electron chi connectivity index (χ0n) is 5.98. The second-order valence-electron chi connectivity index (χ2n) is 2.03. The highest BCUT2D eigenvalue weighted by Crippen LogP contribution is 2.15. The average Bonchev–Trinajstić information content (AvgIpc) is 2.31. The lowest BCUT2D eigenvalue weighted by molar-refractivity contribution is -0.400. The summed E-state index contributed by atoms with van der Waals surface area (Å²) < 4.78 is 0. The van der Waals surface area contributed by atoms with Crippen LogP contribution < -0.4 is 0 Å². The Hall–Kier alpha value is -1.16. The Morgan fingerprint density at radius 1 is 1.73 bits per heavy atom. The Morgan fingerprint density at radius 3 is 2.91 bits per heavy atom. The SMILES string of the molecule is Cc1sccc1/C=C/[N+](=O)[O-]. The van der Waals surface area contributed by atoms with Crippen LogP contribution in [0, 0.1) is 17.0 Å². The summed E-state index contributed by atoms with van der Waals surface area (Å²) in [4.78, 5) is 10.6. The molecule has 0 atom stereocenters. The van der Waals surface area contributed by atoms with Gasteiger partial charge in [0.1, 0.15) is 0 Å². The quantitative estimate of drug-likeness (QED) is 0.503. The Balaban J connectivity index is 2.79. The largest absolute Gasteiger partial charge is 0.259 e. The molecule has 4 heteroatoms. The number of hydrogen-bond donors (Lipinski definition) is 0. The molecule has 58 valence electrons. The van der Waals surface area contributed by atoms with Gasteiger partial charge in [-0.2, -0.15) is 0 Å². The van der Waals surface area contributed by atoms with Gasteiger partial charge in [-0.3, -0.25) is 10.1 Å². The monoisotopic (exact) mass is 169 g/mol. The molecule has 1 aromatic rings. The Morgan fingerprint density at radius 2 is 2.45 bits per heavy atom. The number of hydrogen-bond acceptors (Lipinski definition) is 3. The molecule has 0 aliphatic heterocycles. The van der Waals surface area contributed by atoms with Gasteiger partial charge in [0, 0.05) is 11.0 Å². The lowest BCUT2D eigenvalue weighted by atomic mass is 10.3. The van der Waals surface area contributed by atoms with Crippen LogP contribution in [0.1, 0.15) is 10.4 Å². The number of aryl methyl sites for hydroxylation is 1. The van der Waals surface area contributed by atoms with Gasteiger partial charge in [-0.1, -0.05) is 0 Å². The molecule has 0 amide bonds. The highest BCUT2D eigenvalue weighted by molar-refractivity contribution is 7.10. The fraction of sp³-hybridized carbons (Fsp3) is 0.143. The minimum atomic E-state index is -0.461. The smallest absolute Gasteiger partial charge is 0.235 e. The third kappa shape index (κ3) is 2.16. The van der Waals surface area contributed by atoms with Crippen LogP contribution in [0.3, 0.4) is 0 Å². The lowest BCUT2D eigenvalue weighted by Crippen LogP contribution is -1.81. The third-order valence-corrected chi connectivity index (χ3v) is 2.14. The molecule has 0 radical (unpaired) electrons. The van der Waals surface area contributed by atoms with Gasteiger partial charge < -0.3 is 0 Å². The van der Waals surface area contributed by atoms with Crippen LogP contribution >= 0.6 is 11.3 Å². The van der Waals surface area contributed by atoms with E-state index in [9.17, 15) is 10.1 Å². The van der Waals surface area contributed by atoms with Crippen LogP contribution in [-0.4, -0.2) is 4.92 Å². The lowest BCUT2D eigenvalue weighted by Gasteiger charge is -1.84. The zero-order chi connectivity index (χ0) is 8.27. The van der Waals surface area contributed by atoms with E-state index in [0.717, 1.165) is 16.6 Å². The van der Waals surface area contributed by atoms with Crippen LogP contribution in [0.25, 0.3) is 6.08 Å². The first-order chi connectivity index (χ1) is 5.20. The molecule has 0 aliphatic carbocycles. The van der Waals surface area contributed by atoms with Crippen molar-refractivity contribution in [2.45, 2.75) is 6.92 Å². The Kier molecular flexibility index (Phi) is 2.38. The predicted octanol–water partition coefficient (Wildman–Crippen LogP) is 2.30. The summed E-state index contributed by atoms with van der Waals surface area (Å²) in [7, 11) is 0. The van der Waals surface area contributed by atoms with Gasteiger partial charge in [0.25, 0.3) is 0 Å². The van der Waals surface area contributed by atoms with Crippen molar-refractivity contribution in [3.05, 3.63) is 38.2 Å². The molecule has 0 aromatic carbocycles. The van der Waals surface area contributed by atoms with Gasteiger partial charge in [-0.15, -0.1) is 11.3 Å². The van der Waals surface area contributed by atoms with Crippen LogP contribution in [0.2, 0.25) is 0 Å². The van der Waals surface area contributed by atoms with Crippen molar-refractivity contribution in [3.8, 4) is 0 Å². The van der Waals surface area contributed by atoms with Crippen LogP contribution in [0.5, 0.6) is 0 Å². The molecule has 0 fully saturated rings. The van der Waals surface area contributed by atoms with Crippen LogP contribution in [0.15, 0.2) is 17.6 Å². The summed E-state index contributed by atoms with van der Waals surface area (Å²) >= 11 is 1.58. The van der Waals surface area contributed by atoms with E-state index in [0.29, 0.717) is 0 Å². The molecular formula is C7H7NO2S. The fourth-order valence-corrected chi connectivity index (χ4v) is 1.40. The molecule has 0 N–H and O–H groups in total. The average molecular weight is 169 g/mol. The first kappa shape index (κ1) is 7.94. The molecule has 0 unspecified atom stereocenters. The van der Waals surface area contributed by atoms with Gasteiger partial charge in [0.05, 0.1) is 4.92 Å². The van der Waals surface area contributed by atoms with Crippen molar-refractivity contribution < 1.29 is 4.92 Å². The van der Waals surface area contributed by atoms with E-state index >= 15 is 0 Å². The van der Waals surface area contributed by atoms with Gasteiger partial charge in [0.15, 0.2) is 0 Å². The first-order valence-corrected chi connectivity index (χ1v) is 3.94. The second-order valence-corrected chi connectivity index (χ2v) is 3.15. The summed E-state index contributed by atoms with van der Waals surface area (Å²) in [6.07, 6.45) is 2.46. The minimum absolute atomic E-state index is 0.461. The molecule has 11 heavy (non-hydrogen) atoms. The van der Waals surface area contributed by atoms with Gasteiger partial charge in [0.2, 0.25) is 6.20 Å². The molecule has 1 rings (SSSR count). The molecule has 0 saturated carbocycles. The van der Waals surface area contributed by atoms with E-state index in [-0.39, 0.29) is 0 Å². The molecule has 0 saturated heterocycles. The normalized spacial score (nSPS) is 10.6. The number of thiophene rings is 1. The topological polar surface area (TPSA) is 43.1 Å². The Labute approximate surface area is 68.1 Å². The van der Waals surface area contributed by atoms with Gasteiger partial charge in [-0.25, -0.2) is 0 Å². The molecule has 1 heterocycles. The maximum Gasteiger partial charge on any atom is 0.235 e. The molecule has 0 bridgehead atoms. The number of nitrogens with zero attached hydrogens (tertiary/aromatic N) is 1. The van der Waals surface area contributed by atoms with E-state index in [1.807, 2.05) is 18.4 Å². The van der Waals surface area contributed by atoms with E-state index in [1.54, 1.807) is 11.3 Å². The van der Waals surface area contributed by atoms with Gasteiger partial charge >= 0.3 is 0 Å². The van der Waals surface area contributed by atoms with Crippen molar-refractivity contribution in [1.29, 1.82) is 0 Å². The van der Waals surface area contributed by atoms with E-state index in [4.69, 9.17) is 0 Å². The van der Waals surface area contributed by atoms with E-state index in [2.05, 4.69) is 0 Å². The molecule has 0 aliphatic rings. The van der Waals surface area contributed by atoms with Crippen LogP contribution in [-0.2, 0) is 0 Å². The predicted molar refractivity (Wildman–Crippen MR) is 45.1 cm³/mol. The van der Waals surface area contributed by atoms with E-state index < -0.39 is 4.92 Å². The van der Waals surface area contributed by atoms with E-state index in [1.165, 1.54) is 6.08 Å². The number of nitro groups is 1. The van der Waals surface area contributed by atoms with Crippen LogP contribution in [0.4, 0.5) is 0 Å². The summed E-state index contributed by atoms with van der Waals surface area (Å²) in [6.45, 7) is 1.93. The summed E-state index contributed by atoms with van der Waals surface area (Å²) in [5.74, 6) is 0. The first-order valence-electron chi connectivity index (χ1n) is 3.06. The van der Waals surface area contributed by atoms with Crippen molar-refractivity contribution in [3.63, 3.8) is 0 Å². The maximum absolute atomic E-state index is 9.93. The maximum atomic E-state index is 9.93. The number of rotatable bonds is 2. The highest BCUT2D eigenvalue weighted by atomic mass is 32.1. The summed E-state index contributed by atoms with van der Waals surface area (Å²) in [5.41, 5.74) is 0.923. The zero-order valence-corrected chi connectivity index (χ0v) is 6.80. The fourth-order valence-electron chi connectivity index (χ4n) is 0.709. The molecule has 3 nitrogen and oxygen atoms in total. The van der Waals surface area contributed by atoms with Crippen molar-refractivity contribution in [2.75, 3.05) is 0 Å². The standard InChI is InChI=1S/C7H7NO2S/c1-6-7(3-5-11-6)2-4-8(9)10/h2-5H,1H3/b4-2+. The van der Waals surface area contributed by atoms with Crippen molar-refractivity contribution >= 4 is 17.4 Å². The Bertz CT molecular complexity index is 290. The second kappa shape index (κ2) is 3.30. The molecular weight excluding hydrogens is 162 g/mol. The molecule has 1 aromatic heterocycles. The minimum Gasteiger partial charge on any atom is -0.259 e. The highest BCUT2D eigenvalue weighted by Gasteiger charge is 1.95. The van der Waals surface area contributed by atoms with Crippen molar-refractivity contribution in [1.82, 2.24) is 0 Å². The molecule has 0 spiro atoms.